The minimum absolute atomic E-state index is 0.155. The second kappa shape index (κ2) is 11.7. The summed E-state index contributed by atoms with van der Waals surface area (Å²) in [6.45, 7) is 3.46. The molecule has 0 radical (unpaired) electrons. The Morgan fingerprint density at radius 3 is 2.29 bits per heavy atom. The summed E-state index contributed by atoms with van der Waals surface area (Å²) < 4.78 is 9.76. The van der Waals surface area contributed by atoms with E-state index in [4.69, 9.17) is 16.3 Å². The van der Waals surface area contributed by atoms with E-state index in [2.05, 4.69) is 20.6 Å². The van der Waals surface area contributed by atoms with Crippen LogP contribution in [0, 0.1) is 5.92 Å². The minimum Gasteiger partial charge on any atom is -0.482 e. The van der Waals surface area contributed by atoms with Crippen LogP contribution < -0.4 is 15.5 Å². The van der Waals surface area contributed by atoms with Gasteiger partial charge >= 0.3 is 5.97 Å². The number of carbonyl (C=O) groups is 3. The van der Waals surface area contributed by atoms with Crippen molar-refractivity contribution in [3.05, 3.63) is 64.7 Å². The van der Waals surface area contributed by atoms with Gasteiger partial charge in [0.1, 0.15) is 11.8 Å². The first-order valence-corrected chi connectivity index (χ1v) is 9.87. The van der Waals surface area contributed by atoms with E-state index < -0.39 is 17.9 Å². The molecule has 2 amide bonds. The number of methoxy groups -OCH3 is 1. The van der Waals surface area contributed by atoms with Gasteiger partial charge < -0.3 is 14.8 Å². The Labute approximate surface area is 185 Å². The largest absolute Gasteiger partial charge is 0.482 e. The standard InChI is InChI=1S/C22H24ClN3O5/c1-14(2)20(25-21(28)16-6-8-17(23)9-7-16)22(29)26-24-12-15-4-10-18(11-5-15)31-13-19(27)30-3/h4-12,14,20H,13H2,1-3H3,(H,25,28)(H,26,29). The Balaban J connectivity index is 1.92. The molecule has 0 saturated carbocycles. The lowest BCUT2D eigenvalue weighted by Crippen LogP contribution is -2.48. The second-order valence-corrected chi connectivity index (χ2v) is 7.31. The molecular formula is C22H24ClN3O5. The Morgan fingerprint density at radius 1 is 1.06 bits per heavy atom. The van der Waals surface area contributed by atoms with Gasteiger partial charge in [-0.2, -0.15) is 5.10 Å². The van der Waals surface area contributed by atoms with Gasteiger partial charge in [0.15, 0.2) is 6.61 Å². The molecule has 0 aliphatic heterocycles. The van der Waals surface area contributed by atoms with Gasteiger partial charge in [-0.3, -0.25) is 9.59 Å². The second-order valence-electron chi connectivity index (χ2n) is 6.87. The number of hydrogen-bond donors (Lipinski definition) is 2. The average Bonchev–Trinajstić information content (AvgIpc) is 2.76. The predicted molar refractivity (Wildman–Crippen MR) is 117 cm³/mol. The maximum atomic E-state index is 12.5. The normalized spacial score (nSPS) is 11.8. The molecule has 1 atom stereocenters. The van der Waals surface area contributed by atoms with Crippen LogP contribution in [0.3, 0.4) is 0 Å². The predicted octanol–water partition coefficient (Wildman–Crippen LogP) is 2.80. The molecule has 0 fully saturated rings. The van der Waals surface area contributed by atoms with Crippen LogP contribution in [0.1, 0.15) is 29.8 Å². The van der Waals surface area contributed by atoms with Crippen LogP contribution in [0.4, 0.5) is 0 Å². The fourth-order valence-electron chi connectivity index (χ4n) is 2.45. The fourth-order valence-corrected chi connectivity index (χ4v) is 2.58. The average molecular weight is 446 g/mol. The van der Waals surface area contributed by atoms with E-state index in [0.29, 0.717) is 21.9 Å². The molecule has 9 heteroatoms. The number of esters is 1. The zero-order valence-corrected chi connectivity index (χ0v) is 18.2. The molecule has 164 valence electrons. The Hall–Kier alpha value is -3.39. The lowest BCUT2D eigenvalue weighted by atomic mass is 10.0. The van der Waals surface area contributed by atoms with Crippen molar-refractivity contribution in [2.45, 2.75) is 19.9 Å². The van der Waals surface area contributed by atoms with Crippen LogP contribution in [-0.4, -0.2) is 43.8 Å². The third-order valence-electron chi connectivity index (χ3n) is 4.19. The van der Waals surface area contributed by atoms with E-state index in [0.717, 1.165) is 0 Å². The first kappa shape index (κ1) is 23.9. The number of nitrogens with zero attached hydrogens (tertiary/aromatic N) is 1. The maximum absolute atomic E-state index is 12.5. The highest BCUT2D eigenvalue weighted by molar-refractivity contribution is 6.30. The Kier molecular flexibility index (Phi) is 9.02. The maximum Gasteiger partial charge on any atom is 0.343 e. The summed E-state index contributed by atoms with van der Waals surface area (Å²) >= 11 is 5.84. The number of amides is 2. The van der Waals surface area contributed by atoms with Gasteiger partial charge in [-0.15, -0.1) is 0 Å². The van der Waals surface area contributed by atoms with Gasteiger partial charge in [0.25, 0.3) is 11.8 Å². The summed E-state index contributed by atoms with van der Waals surface area (Å²) in [6.07, 6.45) is 1.46. The van der Waals surface area contributed by atoms with Crippen LogP contribution >= 0.6 is 11.6 Å². The highest BCUT2D eigenvalue weighted by Gasteiger charge is 2.24. The molecule has 0 aliphatic carbocycles. The number of hydrazone groups is 1. The summed E-state index contributed by atoms with van der Waals surface area (Å²) in [6, 6.07) is 12.4. The smallest absolute Gasteiger partial charge is 0.343 e. The van der Waals surface area contributed by atoms with E-state index in [9.17, 15) is 14.4 Å². The topological polar surface area (TPSA) is 106 Å². The summed E-state index contributed by atoms with van der Waals surface area (Å²) in [7, 11) is 1.28. The van der Waals surface area contributed by atoms with Crippen LogP contribution in [0.2, 0.25) is 5.02 Å². The van der Waals surface area contributed by atoms with Crippen molar-refractivity contribution in [1.29, 1.82) is 0 Å². The van der Waals surface area contributed by atoms with E-state index in [1.165, 1.54) is 13.3 Å². The van der Waals surface area contributed by atoms with Gasteiger partial charge in [0.05, 0.1) is 13.3 Å². The van der Waals surface area contributed by atoms with Crippen molar-refractivity contribution in [2.24, 2.45) is 11.0 Å². The van der Waals surface area contributed by atoms with E-state index >= 15 is 0 Å². The number of hydrogen-bond acceptors (Lipinski definition) is 6. The van der Waals surface area contributed by atoms with Gasteiger partial charge in [-0.05, 0) is 60.0 Å². The van der Waals surface area contributed by atoms with Gasteiger partial charge in [0.2, 0.25) is 0 Å². The highest BCUT2D eigenvalue weighted by atomic mass is 35.5. The van der Waals surface area contributed by atoms with Crippen molar-refractivity contribution in [3.8, 4) is 5.75 Å². The van der Waals surface area contributed by atoms with E-state index in [1.807, 2.05) is 13.8 Å². The zero-order chi connectivity index (χ0) is 22.8. The molecule has 0 spiro atoms. The summed E-state index contributed by atoms with van der Waals surface area (Å²) in [5, 5.41) is 7.18. The van der Waals surface area contributed by atoms with Crippen LogP contribution in [-0.2, 0) is 14.3 Å². The molecule has 0 bridgehead atoms. The first-order valence-electron chi connectivity index (χ1n) is 9.49. The van der Waals surface area contributed by atoms with Gasteiger partial charge in [-0.1, -0.05) is 25.4 Å². The molecule has 31 heavy (non-hydrogen) atoms. The summed E-state index contributed by atoms with van der Waals surface area (Å²) in [5.74, 6) is -0.950. The molecule has 0 aliphatic rings. The number of benzene rings is 2. The molecule has 0 heterocycles. The van der Waals surface area contributed by atoms with Crippen molar-refractivity contribution in [2.75, 3.05) is 13.7 Å². The van der Waals surface area contributed by atoms with Crippen LogP contribution in [0.5, 0.6) is 5.75 Å². The number of ether oxygens (including phenoxy) is 2. The molecule has 1 unspecified atom stereocenters. The molecule has 2 rings (SSSR count). The summed E-state index contributed by atoms with van der Waals surface area (Å²) in [4.78, 5) is 36.0. The third kappa shape index (κ3) is 7.75. The van der Waals surface area contributed by atoms with Gasteiger partial charge in [0, 0.05) is 10.6 Å². The van der Waals surface area contributed by atoms with Crippen molar-refractivity contribution >= 4 is 35.6 Å². The summed E-state index contributed by atoms with van der Waals surface area (Å²) in [5.41, 5.74) is 3.55. The van der Waals surface area contributed by atoms with Crippen LogP contribution in [0.15, 0.2) is 53.6 Å². The number of rotatable bonds is 9. The number of carbonyl (C=O) groups excluding carboxylic acids is 3. The number of nitrogens with one attached hydrogen (secondary N) is 2. The third-order valence-corrected chi connectivity index (χ3v) is 4.45. The monoisotopic (exact) mass is 445 g/mol. The van der Waals surface area contributed by atoms with E-state index in [-0.39, 0.29) is 18.4 Å². The zero-order valence-electron chi connectivity index (χ0n) is 17.4. The quantitative estimate of drug-likeness (QED) is 0.350. The molecule has 8 nitrogen and oxygen atoms in total. The SMILES string of the molecule is COC(=O)COc1ccc(C=NNC(=O)C(NC(=O)c2ccc(Cl)cc2)C(C)C)cc1. The minimum atomic E-state index is -0.769. The van der Waals surface area contributed by atoms with Gasteiger partial charge in [-0.25, -0.2) is 10.2 Å². The molecule has 0 saturated heterocycles. The Morgan fingerprint density at radius 2 is 1.71 bits per heavy atom. The number of halogens is 1. The lowest BCUT2D eigenvalue weighted by molar-refractivity contribution is -0.142. The molecule has 2 aromatic carbocycles. The Bertz CT molecular complexity index is 927. The highest BCUT2D eigenvalue weighted by Crippen LogP contribution is 2.12. The fraction of sp³-hybridized carbons (Fsp3) is 0.273. The lowest BCUT2D eigenvalue weighted by Gasteiger charge is -2.20. The molecule has 0 aromatic heterocycles. The first-order chi connectivity index (χ1) is 14.8. The molecular weight excluding hydrogens is 422 g/mol. The molecule has 2 aromatic rings. The van der Waals surface area contributed by atoms with E-state index in [1.54, 1.807) is 48.5 Å². The van der Waals surface area contributed by atoms with Crippen molar-refractivity contribution in [3.63, 3.8) is 0 Å². The van der Waals surface area contributed by atoms with Crippen molar-refractivity contribution < 1.29 is 23.9 Å². The van der Waals surface area contributed by atoms with Crippen molar-refractivity contribution in [1.82, 2.24) is 10.7 Å². The van der Waals surface area contributed by atoms with Crippen LogP contribution in [0.25, 0.3) is 0 Å². The molecule has 2 N–H and O–H groups in total.